The molecule has 0 bridgehead atoms. The van der Waals surface area contributed by atoms with Gasteiger partial charge in [0, 0.05) is 19.0 Å². The van der Waals surface area contributed by atoms with E-state index in [1.807, 2.05) is 13.0 Å². The largest absolute Gasteiger partial charge is 0.471 e. The van der Waals surface area contributed by atoms with Gasteiger partial charge in [-0.25, -0.2) is 0 Å². The van der Waals surface area contributed by atoms with Crippen molar-refractivity contribution in [3.05, 3.63) is 0 Å². The van der Waals surface area contributed by atoms with Crippen molar-refractivity contribution in [3.63, 3.8) is 0 Å². The Labute approximate surface area is 196 Å². The minimum absolute atomic E-state index is 0.123. The summed E-state index contributed by atoms with van der Waals surface area (Å²) >= 11 is 0. The molecule has 0 aliphatic carbocycles. The fourth-order valence-corrected chi connectivity index (χ4v) is 4.47. The van der Waals surface area contributed by atoms with Gasteiger partial charge in [0.1, 0.15) is 18.1 Å². The minimum atomic E-state index is -5.16. The maximum Gasteiger partial charge on any atom is 0.471 e. The van der Waals surface area contributed by atoms with E-state index in [2.05, 4.69) is 10.6 Å². The summed E-state index contributed by atoms with van der Waals surface area (Å²) in [6.07, 6.45) is -3.52. The van der Waals surface area contributed by atoms with Gasteiger partial charge in [0.05, 0.1) is 6.07 Å². The molecule has 9 nitrogen and oxygen atoms in total. The lowest BCUT2D eigenvalue weighted by Gasteiger charge is -2.36. The summed E-state index contributed by atoms with van der Waals surface area (Å²) in [6.45, 7) is 7.02. The van der Waals surface area contributed by atoms with Crippen LogP contribution in [0.15, 0.2) is 0 Å². The zero-order valence-corrected chi connectivity index (χ0v) is 19.8. The smallest absolute Gasteiger partial charge is 0.356 e. The van der Waals surface area contributed by atoms with Crippen molar-refractivity contribution in [1.82, 2.24) is 20.9 Å². The van der Waals surface area contributed by atoms with E-state index >= 15 is 0 Å². The van der Waals surface area contributed by atoms with Gasteiger partial charge < -0.3 is 20.9 Å². The molecule has 0 aromatic rings. The highest BCUT2D eigenvalue weighted by atomic mass is 19.4. The molecule has 0 spiro atoms. The summed E-state index contributed by atoms with van der Waals surface area (Å²) in [5.41, 5.74) is -1.06. The molecule has 5 atom stereocenters. The van der Waals surface area contributed by atoms with Crippen LogP contribution in [0.4, 0.5) is 13.2 Å². The first-order chi connectivity index (χ1) is 15.7. The van der Waals surface area contributed by atoms with E-state index in [9.17, 15) is 37.6 Å². The van der Waals surface area contributed by atoms with E-state index in [-0.39, 0.29) is 24.8 Å². The summed E-state index contributed by atoms with van der Waals surface area (Å²) < 4.78 is 38.6. The number of rotatable bonds is 7. The molecule has 2 heterocycles. The molecule has 0 aromatic heterocycles. The Hall–Kier alpha value is -2.84. The van der Waals surface area contributed by atoms with Crippen LogP contribution >= 0.6 is 0 Å². The fourth-order valence-electron chi connectivity index (χ4n) is 4.47. The summed E-state index contributed by atoms with van der Waals surface area (Å²) in [4.78, 5) is 51.2. The Bertz CT molecular complexity index is 849. The molecule has 12 heteroatoms. The van der Waals surface area contributed by atoms with E-state index in [1.165, 1.54) is 25.7 Å². The van der Waals surface area contributed by atoms with Gasteiger partial charge in [-0.3, -0.25) is 19.2 Å². The molecule has 0 unspecified atom stereocenters. The third-order valence-electron chi connectivity index (χ3n) is 6.40. The van der Waals surface area contributed by atoms with Gasteiger partial charge >= 0.3 is 12.1 Å². The number of likely N-dealkylation sites (tertiary alicyclic amines) is 1. The van der Waals surface area contributed by atoms with Crippen LogP contribution in [0.2, 0.25) is 0 Å². The van der Waals surface area contributed by atoms with Crippen molar-refractivity contribution >= 4 is 23.6 Å². The Balaban J connectivity index is 2.23. The van der Waals surface area contributed by atoms with E-state index in [4.69, 9.17) is 0 Å². The zero-order valence-electron chi connectivity index (χ0n) is 19.8. The van der Waals surface area contributed by atoms with E-state index < -0.39 is 53.4 Å². The number of nitrogens with zero attached hydrogens (tertiary/aromatic N) is 2. The molecule has 3 N–H and O–H groups in total. The highest BCUT2D eigenvalue weighted by Gasteiger charge is 2.48. The predicted octanol–water partition coefficient (Wildman–Crippen LogP) is 1.24. The fraction of sp³-hybridized carbons (Fsp3) is 0.773. The summed E-state index contributed by atoms with van der Waals surface area (Å²) in [7, 11) is 0. The van der Waals surface area contributed by atoms with Crippen LogP contribution in [-0.4, -0.2) is 65.9 Å². The number of hydrogen-bond acceptors (Lipinski definition) is 5. The number of halogens is 3. The van der Waals surface area contributed by atoms with Crippen LogP contribution in [0, 0.1) is 28.6 Å². The number of carbonyl (C=O) groups is 4. The van der Waals surface area contributed by atoms with Crippen molar-refractivity contribution in [1.29, 1.82) is 5.26 Å². The summed E-state index contributed by atoms with van der Waals surface area (Å²) in [5, 5.41) is 16.6. The molecule has 2 rings (SSSR count). The second-order valence-corrected chi connectivity index (χ2v) is 9.91. The van der Waals surface area contributed by atoms with Crippen LogP contribution in [0.3, 0.4) is 0 Å². The van der Waals surface area contributed by atoms with Crippen molar-refractivity contribution in [3.8, 4) is 6.07 Å². The first-order valence-electron chi connectivity index (χ1n) is 11.4. The van der Waals surface area contributed by atoms with Gasteiger partial charge in [-0.2, -0.15) is 18.4 Å². The topological polar surface area (TPSA) is 131 Å². The van der Waals surface area contributed by atoms with E-state index in [0.29, 0.717) is 25.8 Å². The van der Waals surface area contributed by atoms with Gasteiger partial charge in [0.2, 0.25) is 17.7 Å². The number of amides is 4. The Kier molecular flexibility index (Phi) is 8.55. The Morgan fingerprint density at radius 1 is 1.21 bits per heavy atom. The van der Waals surface area contributed by atoms with Gasteiger partial charge in [0.25, 0.3) is 0 Å². The van der Waals surface area contributed by atoms with Gasteiger partial charge in [-0.1, -0.05) is 34.1 Å². The Morgan fingerprint density at radius 3 is 2.32 bits per heavy atom. The number of hydrogen-bond donors (Lipinski definition) is 3. The molecular formula is C22H32F3N5O4. The van der Waals surface area contributed by atoms with Crippen LogP contribution in [0.1, 0.15) is 53.4 Å². The van der Waals surface area contributed by atoms with Crippen LogP contribution < -0.4 is 16.0 Å². The first-order valence-corrected chi connectivity index (χ1v) is 11.4. The number of nitrogens with one attached hydrogen (secondary N) is 3. The molecule has 4 amide bonds. The third-order valence-corrected chi connectivity index (χ3v) is 6.40. The maximum absolute atomic E-state index is 13.4. The average Bonchev–Trinajstić information content (AvgIpc) is 3.35. The highest BCUT2D eigenvalue weighted by molar-refractivity contribution is 5.94. The highest BCUT2D eigenvalue weighted by Crippen LogP contribution is 2.31. The van der Waals surface area contributed by atoms with Gasteiger partial charge in [0.15, 0.2) is 0 Å². The molecular weight excluding hydrogens is 455 g/mol. The average molecular weight is 488 g/mol. The zero-order chi connectivity index (χ0) is 25.8. The second-order valence-electron chi connectivity index (χ2n) is 9.91. The van der Waals surface area contributed by atoms with Crippen LogP contribution in [0.25, 0.3) is 0 Å². The van der Waals surface area contributed by atoms with Gasteiger partial charge in [-0.05, 0) is 30.6 Å². The molecule has 0 radical (unpaired) electrons. The number of nitriles is 1. The molecule has 2 aliphatic rings. The van der Waals surface area contributed by atoms with Crippen LogP contribution in [0.5, 0.6) is 0 Å². The molecule has 0 aromatic carbocycles. The second kappa shape index (κ2) is 10.6. The first kappa shape index (κ1) is 27.4. The normalized spacial score (nSPS) is 24.7. The van der Waals surface area contributed by atoms with E-state index in [1.54, 1.807) is 5.32 Å². The van der Waals surface area contributed by atoms with Crippen molar-refractivity contribution in [2.24, 2.45) is 17.3 Å². The molecule has 0 saturated carbocycles. The monoisotopic (exact) mass is 487 g/mol. The Morgan fingerprint density at radius 2 is 1.85 bits per heavy atom. The lowest BCUT2D eigenvalue weighted by Crippen LogP contribution is -2.60. The van der Waals surface area contributed by atoms with Crippen molar-refractivity contribution < 1.29 is 32.3 Å². The lowest BCUT2D eigenvalue weighted by molar-refractivity contribution is -0.176. The van der Waals surface area contributed by atoms with Crippen LogP contribution in [-0.2, 0) is 19.2 Å². The molecule has 2 fully saturated rings. The lowest BCUT2D eigenvalue weighted by atomic mass is 9.85. The number of carbonyl (C=O) groups excluding carboxylic acids is 4. The van der Waals surface area contributed by atoms with Crippen molar-refractivity contribution in [2.75, 3.05) is 13.1 Å². The summed E-state index contributed by atoms with van der Waals surface area (Å²) in [6, 6.07) is -1.50. The standard InChI is InChI=1S/C22H32F3N5O4/c1-5-12-7-9-30(19(33)16(21(2,3)4)29-20(34)22(23,24)25)15(12)18(32)28-14(11-26)10-13-6-8-27-17(13)31/h12-16H,5-10H2,1-4H3,(H,27,31)(H,28,32)(H,29,34)/t12-,13+,14+,15+,16-/m1/s1. The minimum Gasteiger partial charge on any atom is -0.356 e. The number of alkyl halides is 3. The third kappa shape index (κ3) is 6.39. The maximum atomic E-state index is 13.4. The summed E-state index contributed by atoms with van der Waals surface area (Å²) in [5.74, 6) is -4.48. The van der Waals surface area contributed by atoms with Crippen molar-refractivity contribution in [2.45, 2.75) is 77.7 Å². The van der Waals surface area contributed by atoms with E-state index in [0.717, 1.165) is 0 Å². The predicted molar refractivity (Wildman–Crippen MR) is 115 cm³/mol. The molecule has 190 valence electrons. The van der Waals surface area contributed by atoms with Gasteiger partial charge in [-0.15, -0.1) is 0 Å². The molecule has 2 saturated heterocycles. The SMILES string of the molecule is CC[C@@H]1CCN(C(=O)[C@@H](NC(=O)C(F)(F)F)C(C)(C)C)[C@@H]1C(=O)N[C@H](C#N)C[C@@H]1CCNC1=O. The molecule has 2 aliphatic heterocycles. The quantitative estimate of drug-likeness (QED) is 0.497. The molecule has 34 heavy (non-hydrogen) atoms.